The average molecular weight is 446 g/mol. The predicted molar refractivity (Wildman–Crippen MR) is 118 cm³/mol. The topological polar surface area (TPSA) is 167 Å². The van der Waals surface area contributed by atoms with Crippen molar-refractivity contribution in [2.45, 2.75) is 0 Å². The average Bonchev–Trinajstić information content (AvgIpc) is 2.71. The van der Waals surface area contributed by atoms with Crippen LogP contribution in [0.1, 0.15) is 10.4 Å². The van der Waals surface area contributed by atoms with Crippen molar-refractivity contribution in [3.05, 3.63) is 54.1 Å². The number of fused-ring (bicyclic) bond motifs is 1. The molecule has 0 saturated carbocycles. The highest BCUT2D eigenvalue weighted by molar-refractivity contribution is 7.85. The molecule has 1 amide bonds. The molecule has 164 valence electrons. The van der Waals surface area contributed by atoms with E-state index in [4.69, 9.17) is 25.5 Å². The Labute approximate surface area is 179 Å². The van der Waals surface area contributed by atoms with E-state index in [1.165, 1.54) is 14.2 Å². The molecule has 3 rings (SSSR count). The molecule has 10 nitrogen and oxygen atoms in total. The molecule has 0 fully saturated rings. The molecule has 3 aromatic rings. The maximum absolute atomic E-state index is 12.6. The van der Waals surface area contributed by atoms with E-state index in [1.807, 2.05) is 30.3 Å². The number of aliphatic imine (C=N–C) groups is 1. The number of benzene rings is 2. The summed E-state index contributed by atoms with van der Waals surface area (Å²) in [5, 5.41) is 0.538. The Morgan fingerprint density at radius 2 is 1.68 bits per heavy atom. The summed E-state index contributed by atoms with van der Waals surface area (Å²) in [5.74, 6) is 0.138. The third kappa shape index (κ3) is 6.66. The Hall–Kier alpha value is -3.70. The van der Waals surface area contributed by atoms with Gasteiger partial charge in [0, 0.05) is 17.0 Å². The minimum atomic E-state index is -3.67. The highest BCUT2D eigenvalue weighted by Crippen LogP contribution is 2.34. The summed E-state index contributed by atoms with van der Waals surface area (Å²) in [6.45, 7) is 0. The van der Waals surface area contributed by atoms with Gasteiger partial charge in [0.05, 0.1) is 31.7 Å². The van der Waals surface area contributed by atoms with Crippen molar-refractivity contribution in [3.63, 3.8) is 0 Å². The summed E-state index contributed by atoms with van der Waals surface area (Å²) in [5.41, 5.74) is 13.0. The number of pyridine rings is 1. The van der Waals surface area contributed by atoms with Crippen molar-refractivity contribution in [1.82, 2.24) is 4.98 Å². The third-order valence-electron chi connectivity index (χ3n) is 3.84. The normalized spacial score (nSPS) is 10.6. The predicted octanol–water partition coefficient (Wildman–Crippen LogP) is 1.84. The standard InChI is InChI=1S/C19H18N4O3.CH4O3S/c1-25-12-8-13-14(18(24)23-19(20)21)10-15(11-6-4-3-5-7-11)22-17(13)16(9-12)26-2;1-5(2,3)4/h3-10H,1-2H3,(H4,20,21,23,24);1H3,(H,2,3,4). The molecule has 0 bridgehead atoms. The molecule has 0 atom stereocenters. The van der Waals surface area contributed by atoms with Gasteiger partial charge in [-0.3, -0.25) is 9.35 Å². The summed E-state index contributed by atoms with van der Waals surface area (Å²) >= 11 is 0. The van der Waals surface area contributed by atoms with Crippen molar-refractivity contribution in [1.29, 1.82) is 0 Å². The number of hydrogen-bond acceptors (Lipinski definition) is 6. The number of amides is 1. The minimum Gasteiger partial charge on any atom is -0.497 e. The van der Waals surface area contributed by atoms with Crippen LogP contribution >= 0.6 is 0 Å². The van der Waals surface area contributed by atoms with E-state index in [1.54, 1.807) is 18.2 Å². The van der Waals surface area contributed by atoms with Crippen molar-refractivity contribution in [2.24, 2.45) is 16.5 Å². The SMILES string of the molecule is COc1cc(OC)c2nc(-c3ccccc3)cc(C(=O)N=C(N)N)c2c1.CS(=O)(=O)O. The van der Waals surface area contributed by atoms with Crippen LogP contribution in [0.4, 0.5) is 0 Å². The van der Waals surface area contributed by atoms with Crippen molar-refractivity contribution < 1.29 is 27.2 Å². The number of guanidine groups is 1. The van der Waals surface area contributed by atoms with E-state index in [-0.39, 0.29) is 5.96 Å². The van der Waals surface area contributed by atoms with E-state index in [0.29, 0.717) is 39.9 Å². The highest BCUT2D eigenvalue weighted by Gasteiger charge is 2.18. The number of ether oxygens (including phenoxy) is 2. The Kier molecular flexibility index (Phi) is 7.51. The van der Waals surface area contributed by atoms with Crippen LogP contribution in [0.5, 0.6) is 11.5 Å². The molecule has 1 heterocycles. The molecule has 0 radical (unpaired) electrons. The first-order valence-electron chi connectivity index (χ1n) is 8.72. The lowest BCUT2D eigenvalue weighted by Gasteiger charge is -2.12. The second-order valence-electron chi connectivity index (χ2n) is 6.22. The number of aromatic nitrogens is 1. The van der Waals surface area contributed by atoms with Crippen LogP contribution in [0.2, 0.25) is 0 Å². The van der Waals surface area contributed by atoms with Gasteiger partial charge in [-0.25, -0.2) is 4.98 Å². The molecule has 0 aliphatic carbocycles. The Morgan fingerprint density at radius 1 is 1.06 bits per heavy atom. The molecular weight excluding hydrogens is 424 g/mol. The number of nitrogens with two attached hydrogens (primary N) is 2. The van der Waals surface area contributed by atoms with E-state index >= 15 is 0 Å². The lowest BCUT2D eigenvalue weighted by molar-refractivity contribution is 0.100. The van der Waals surface area contributed by atoms with Crippen LogP contribution < -0.4 is 20.9 Å². The van der Waals surface area contributed by atoms with Crippen LogP contribution in [-0.2, 0) is 10.1 Å². The first-order valence-corrected chi connectivity index (χ1v) is 10.6. The molecule has 5 N–H and O–H groups in total. The number of carbonyl (C=O) groups excluding carboxylic acids is 1. The fourth-order valence-corrected chi connectivity index (χ4v) is 2.66. The van der Waals surface area contributed by atoms with Gasteiger partial charge in [0.2, 0.25) is 0 Å². The van der Waals surface area contributed by atoms with E-state index < -0.39 is 16.0 Å². The van der Waals surface area contributed by atoms with Gasteiger partial charge in [0.15, 0.2) is 5.96 Å². The molecular formula is C20H22N4O6S. The number of hydrogen-bond donors (Lipinski definition) is 3. The van der Waals surface area contributed by atoms with E-state index in [2.05, 4.69) is 9.98 Å². The van der Waals surface area contributed by atoms with Gasteiger partial charge in [-0.1, -0.05) is 30.3 Å². The van der Waals surface area contributed by atoms with Gasteiger partial charge >= 0.3 is 0 Å². The third-order valence-corrected chi connectivity index (χ3v) is 3.84. The zero-order valence-corrected chi connectivity index (χ0v) is 17.9. The summed E-state index contributed by atoms with van der Waals surface area (Å²) < 4.78 is 36.6. The zero-order valence-electron chi connectivity index (χ0n) is 17.1. The molecule has 1 aromatic heterocycles. The summed E-state index contributed by atoms with van der Waals surface area (Å²) in [6, 6.07) is 14.6. The summed E-state index contributed by atoms with van der Waals surface area (Å²) in [6.07, 6.45) is 0.715. The Morgan fingerprint density at radius 3 is 2.19 bits per heavy atom. The Bertz CT molecular complexity index is 1220. The number of methoxy groups -OCH3 is 2. The van der Waals surface area contributed by atoms with E-state index in [9.17, 15) is 13.2 Å². The number of rotatable bonds is 4. The molecule has 0 spiro atoms. The molecule has 0 unspecified atom stereocenters. The molecule has 0 aliphatic rings. The number of carbonyl (C=O) groups is 1. The second kappa shape index (κ2) is 9.87. The van der Waals surface area contributed by atoms with Crippen LogP contribution in [0.3, 0.4) is 0 Å². The van der Waals surface area contributed by atoms with Gasteiger partial charge in [-0.2, -0.15) is 13.4 Å². The fourth-order valence-electron chi connectivity index (χ4n) is 2.66. The lowest BCUT2D eigenvalue weighted by Crippen LogP contribution is -2.24. The van der Waals surface area contributed by atoms with Crippen molar-refractivity contribution in [3.8, 4) is 22.8 Å². The maximum atomic E-state index is 12.6. The van der Waals surface area contributed by atoms with Crippen molar-refractivity contribution >= 4 is 32.9 Å². The molecule has 0 aliphatic heterocycles. The van der Waals surface area contributed by atoms with Gasteiger partial charge in [-0.05, 0) is 12.1 Å². The van der Waals surface area contributed by atoms with Gasteiger partial charge in [0.1, 0.15) is 17.0 Å². The summed E-state index contributed by atoms with van der Waals surface area (Å²) in [7, 11) is -0.605. The first kappa shape index (κ1) is 23.6. The van der Waals surface area contributed by atoms with Crippen LogP contribution in [-0.4, -0.2) is 50.3 Å². The Balaban J connectivity index is 0.000000614. The van der Waals surface area contributed by atoms with Crippen LogP contribution in [0, 0.1) is 0 Å². The van der Waals surface area contributed by atoms with E-state index in [0.717, 1.165) is 5.56 Å². The molecule has 11 heteroatoms. The van der Waals surface area contributed by atoms with Gasteiger partial charge in [0.25, 0.3) is 16.0 Å². The smallest absolute Gasteiger partial charge is 0.280 e. The van der Waals surface area contributed by atoms with Gasteiger partial charge < -0.3 is 20.9 Å². The van der Waals surface area contributed by atoms with Crippen LogP contribution in [0.15, 0.2) is 53.5 Å². The molecule has 0 saturated heterocycles. The highest BCUT2D eigenvalue weighted by atomic mass is 32.2. The minimum absolute atomic E-state index is 0.305. The van der Waals surface area contributed by atoms with Crippen molar-refractivity contribution in [2.75, 3.05) is 20.5 Å². The molecule has 2 aromatic carbocycles. The maximum Gasteiger partial charge on any atom is 0.280 e. The number of nitrogens with zero attached hydrogens (tertiary/aromatic N) is 2. The quantitative estimate of drug-likeness (QED) is 0.308. The zero-order chi connectivity index (χ0) is 23.2. The first-order chi connectivity index (χ1) is 14.5. The fraction of sp³-hybridized carbons (Fsp3) is 0.150. The van der Waals surface area contributed by atoms with Gasteiger partial charge in [-0.15, -0.1) is 0 Å². The lowest BCUT2D eigenvalue weighted by atomic mass is 10.0. The molecule has 31 heavy (non-hydrogen) atoms. The monoisotopic (exact) mass is 446 g/mol. The van der Waals surface area contributed by atoms with Crippen LogP contribution in [0.25, 0.3) is 22.2 Å². The second-order valence-corrected chi connectivity index (χ2v) is 7.69. The summed E-state index contributed by atoms with van der Waals surface area (Å²) in [4.78, 5) is 20.9. The largest absolute Gasteiger partial charge is 0.497 e.